The third-order valence-electron chi connectivity index (χ3n) is 1.86. The highest BCUT2D eigenvalue weighted by molar-refractivity contribution is 5.76. The summed E-state index contributed by atoms with van der Waals surface area (Å²) in [5.74, 6) is -1.65. The van der Waals surface area contributed by atoms with E-state index in [2.05, 4.69) is 4.74 Å². The lowest BCUT2D eigenvalue weighted by molar-refractivity contribution is -0.182. The first-order valence-corrected chi connectivity index (χ1v) is 4.29. The van der Waals surface area contributed by atoms with E-state index >= 15 is 0 Å². The van der Waals surface area contributed by atoms with Crippen molar-refractivity contribution in [2.75, 3.05) is 13.2 Å². The first kappa shape index (κ1) is 10.9. The average Bonchev–Trinajstić information content (AvgIpc) is 2.15. The molecule has 6 nitrogen and oxygen atoms in total. The number of aliphatic hydroxyl groups excluding tert-OH is 1. The molecule has 1 aliphatic heterocycles. The molecule has 0 aromatic rings. The van der Waals surface area contributed by atoms with Gasteiger partial charge < -0.3 is 19.7 Å². The van der Waals surface area contributed by atoms with Gasteiger partial charge >= 0.3 is 11.9 Å². The molecule has 1 aliphatic rings. The van der Waals surface area contributed by atoms with Gasteiger partial charge in [-0.1, -0.05) is 0 Å². The van der Waals surface area contributed by atoms with Gasteiger partial charge in [0.05, 0.1) is 12.7 Å². The fourth-order valence-corrected chi connectivity index (χ4v) is 1.16. The molecule has 1 heterocycles. The second kappa shape index (κ2) is 4.92. The van der Waals surface area contributed by atoms with Crippen LogP contribution in [-0.2, 0) is 19.1 Å². The van der Waals surface area contributed by atoms with Gasteiger partial charge in [-0.05, 0) is 6.42 Å². The van der Waals surface area contributed by atoms with Crippen LogP contribution < -0.4 is 0 Å². The molecular weight excluding hydrogens is 192 g/mol. The van der Waals surface area contributed by atoms with Gasteiger partial charge in [0.1, 0.15) is 6.61 Å². The molecule has 0 spiro atoms. The van der Waals surface area contributed by atoms with Crippen LogP contribution in [-0.4, -0.2) is 47.6 Å². The third-order valence-corrected chi connectivity index (χ3v) is 1.86. The first-order valence-electron chi connectivity index (χ1n) is 4.29. The van der Waals surface area contributed by atoms with Gasteiger partial charge in [-0.25, -0.2) is 4.79 Å². The fraction of sp³-hybridized carbons (Fsp3) is 0.750. The normalized spacial score (nSPS) is 24.1. The van der Waals surface area contributed by atoms with Crippen molar-refractivity contribution in [3.63, 3.8) is 0 Å². The maximum Gasteiger partial charge on any atom is 0.338 e. The molecule has 0 bridgehead atoms. The van der Waals surface area contributed by atoms with Crippen LogP contribution in [0, 0.1) is 0 Å². The zero-order chi connectivity index (χ0) is 10.6. The largest absolute Gasteiger partial charge is 0.481 e. The van der Waals surface area contributed by atoms with Crippen LogP contribution in [0.4, 0.5) is 0 Å². The zero-order valence-electron chi connectivity index (χ0n) is 7.51. The van der Waals surface area contributed by atoms with Gasteiger partial charge in [0.25, 0.3) is 0 Å². The Morgan fingerprint density at radius 2 is 2.29 bits per heavy atom. The number of carbonyl (C=O) groups excluding carboxylic acids is 1. The number of rotatable bonds is 4. The summed E-state index contributed by atoms with van der Waals surface area (Å²) < 4.78 is 9.61. The van der Waals surface area contributed by atoms with Crippen molar-refractivity contribution < 1.29 is 29.3 Å². The number of ether oxygens (including phenoxy) is 2. The Bertz CT molecular complexity index is 226. The van der Waals surface area contributed by atoms with Crippen LogP contribution in [0.5, 0.6) is 0 Å². The van der Waals surface area contributed by atoms with Gasteiger partial charge in [0.15, 0.2) is 6.10 Å². The molecule has 1 fully saturated rings. The van der Waals surface area contributed by atoms with Crippen molar-refractivity contribution in [3.8, 4) is 0 Å². The molecule has 1 rings (SSSR count). The second-order valence-electron chi connectivity index (χ2n) is 2.96. The summed E-state index contributed by atoms with van der Waals surface area (Å²) in [4.78, 5) is 21.2. The van der Waals surface area contributed by atoms with Crippen molar-refractivity contribution in [3.05, 3.63) is 0 Å². The van der Waals surface area contributed by atoms with Crippen molar-refractivity contribution in [1.29, 1.82) is 0 Å². The van der Waals surface area contributed by atoms with E-state index in [0.717, 1.165) is 0 Å². The quantitative estimate of drug-likeness (QED) is 0.579. The van der Waals surface area contributed by atoms with E-state index in [-0.39, 0.29) is 26.1 Å². The number of hydrogen-bond acceptors (Lipinski definition) is 5. The number of carboxylic acids is 1. The van der Waals surface area contributed by atoms with Gasteiger partial charge in [-0.3, -0.25) is 4.79 Å². The summed E-state index contributed by atoms with van der Waals surface area (Å²) in [6, 6.07) is 0. The van der Waals surface area contributed by atoms with E-state index in [0.29, 0.717) is 0 Å². The van der Waals surface area contributed by atoms with Crippen LogP contribution in [0.15, 0.2) is 0 Å². The topological polar surface area (TPSA) is 93.1 Å². The first-order chi connectivity index (χ1) is 6.61. The lowest BCUT2D eigenvalue weighted by atomic mass is 10.1. The standard InChI is InChI=1S/C8H12O6/c9-5(1-2-6(10)11)7-8(12)14-4-3-13-7/h5,7,9H,1-4H2,(H,10,11). The molecule has 14 heavy (non-hydrogen) atoms. The number of aliphatic carboxylic acids is 1. The smallest absolute Gasteiger partial charge is 0.338 e. The van der Waals surface area contributed by atoms with Crippen LogP contribution in [0.1, 0.15) is 12.8 Å². The molecule has 0 aromatic heterocycles. The molecule has 0 aromatic carbocycles. The highest BCUT2D eigenvalue weighted by Crippen LogP contribution is 2.11. The number of aliphatic hydroxyl groups is 1. The van der Waals surface area contributed by atoms with Crippen LogP contribution in [0.25, 0.3) is 0 Å². The highest BCUT2D eigenvalue weighted by Gasteiger charge is 2.32. The Labute approximate surface area is 80.4 Å². The Kier molecular flexibility index (Phi) is 3.84. The minimum atomic E-state index is -1.11. The maximum atomic E-state index is 11.0. The Morgan fingerprint density at radius 1 is 1.57 bits per heavy atom. The van der Waals surface area contributed by atoms with Crippen molar-refractivity contribution >= 4 is 11.9 Å². The molecule has 2 atom stereocenters. The molecule has 1 saturated heterocycles. The number of carboxylic acid groups (broad SMARTS) is 1. The summed E-state index contributed by atoms with van der Waals surface area (Å²) >= 11 is 0. The van der Waals surface area contributed by atoms with Crippen molar-refractivity contribution in [1.82, 2.24) is 0 Å². The van der Waals surface area contributed by atoms with E-state index in [1.54, 1.807) is 0 Å². The zero-order valence-corrected chi connectivity index (χ0v) is 7.51. The van der Waals surface area contributed by atoms with Crippen LogP contribution in [0.2, 0.25) is 0 Å². The van der Waals surface area contributed by atoms with Crippen LogP contribution in [0.3, 0.4) is 0 Å². The molecule has 0 saturated carbocycles. The van der Waals surface area contributed by atoms with E-state index in [4.69, 9.17) is 9.84 Å². The molecule has 2 N–H and O–H groups in total. The third kappa shape index (κ3) is 2.97. The highest BCUT2D eigenvalue weighted by atomic mass is 16.6. The van der Waals surface area contributed by atoms with E-state index in [1.165, 1.54) is 0 Å². The molecule has 0 aliphatic carbocycles. The lowest BCUT2D eigenvalue weighted by Gasteiger charge is -2.25. The minimum Gasteiger partial charge on any atom is -0.481 e. The average molecular weight is 204 g/mol. The van der Waals surface area contributed by atoms with Crippen molar-refractivity contribution in [2.45, 2.75) is 25.0 Å². The second-order valence-corrected chi connectivity index (χ2v) is 2.96. The SMILES string of the molecule is O=C(O)CCC(O)C1OCCOC1=O. The Morgan fingerprint density at radius 3 is 2.86 bits per heavy atom. The molecular formula is C8H12O6. The van der Waals surface area contributed by atoms with Crippen molar-refractivity contribution in [2.24, 2.45) is 0 Å². The molecule has 80 valence electrons. The summed E-state index contributed by atoms with van der Waals surface area (Å²) in [6.45, 7) is 0.418. The monoisotopic (exact) mass is 204 g/mol. The van der Waals surface area contributed by atoms with E-state index in [1.807, 2.05) is 0 Å². The van der Waals surface area contributed by atoms with Gasteiger partial charge in [0.2, 0.25) is 0 Å². The Hall–Kier alpha value is -1.14. The minimum absolute atomic E-state index is 0.0188. The van der Waals surface area contributed by atoms with Gasteiger partial charge in [0, 0.05) is 6.42 Å². The number of esters is 1. The summed E-state index contributed by atoms with van der Waals surface area (Å²) in [5, 5.41) is 17.8. The molecule has 0 amide bonds. The fourth-order valence-electron chi connectivity index (χ4n) is 1.16. The summed E-state index contributed by atoms with van der Waals surface area (Å²) in [7, 11) is 0. The van der Waals surface area contributed by atoms with Gasteiger partial charge in [-0.15, -0.1) is 0 Å². The number of hydrogen-bond donors (Lipinski definition) is 2. The molecule has 6 heteroatoms. The predicted octanol–water partition coefficient (Wildman–Crippen LogP) is -0.846. The molecule has 2 unspecified atom stereocenters. The van der Waals surface area contributed by atoms with Gasteiger partial charge in [-0.2, -0.15) is 0 Å². The number of cyclic esters (lactones) is 1. The predicted molar refractivity (Wildman–Crippen MR) is 43.6 cm³/mol. The summed E-state index contributed by atoms with van der Waals surface area (Å²) in [6.07, 6.45) is -2.37. The lowest BCUT2D eigenvalue weighted by Crippen LogP contribution is -2.42. The Balaban J connectivity index is 2.38. The van der Waals surface area contributed by atoms with E-state index in [9.17, 15) is 14.7 Å². The molecule has 0 radical (unpaired) electrons. The maximum absolute atomic E-state index is 11.0. The van der Waals surface area contributed by atoms with Crippen LogP contribution >= 0.6 is 0 Å². The summed E-state index contributed by atoms with van der Waals surface area (Å²) in [5.41, 5.74) is 0. The van der Waals surface area contributed by atoms with E-state index < -0.39 is 24.1 Å². The number of carbonyl (C=O) groups is 2.